The fourth-order valence-corrected chi connectivity index (χ4v) is 2.99. The molecular weight excluding hydrogens is 238 g/mol. The molecule has 2 unspecified atom stereocenters. The number of nitrogens with two attached hydrogens (primary N) is 1. The summed E-state index contributed by atoms with van der Waals surface area (Å²) in [5, 5.41) is 22.0. The highest BCUT2D eigenvalue weighted by Crippen LogP contribution is 2.36. The average Bonchev–Trinajstić information content (AvgIpc) is 2.41. The largest absolute Gasteiger partial charge is 0.397 e. The third kappa shape index (κ3) is 2.99. The Morgan fingerprint density at radius 2 is 2.37 bits per heavy atom. The van der Waals surface area contributed by atoms with Crippen LogP contribution in [0.3, 0.4) is 0 Å². The Labute approximate surface area is 114 Å². The van der Waals surface area contributed by atoms with Gasteiger partial charge in [-0.3, -0.25) is 0 Å². The Balaban J connectivity index is 2.21. The highest BCUT2D eigenvalue weighted by Gasteiger charge is 2.34. The monoisotopic (exact) mass is 259 g/mol. The van der Waals surface area contributed by atoms with E-state index in [9.17, 15) is 5.11 Å². The van der Waals surface area contributed by atoms with Gasteiger partial charge in [0.05, 0.1) is 35.2 Å². The molecule has 102 valence electrons. The van der Waals surface area contributed by atoms with Crippen LogP contribution in [0.5, 0.6) is 0 Å². The SMILES string of the molecule is CC1CCCC(CO)(Nc2ccc(C#N)cc2N)C1. The molecule has 0 aromatic heterocycles. The minimum Gasteiger partial charge on any atom is -0.397 e. The van der Waals surface area contributed by atoms with E-state index < -0.39 is 0 Å². The lowest BCUT2D eigenvalue weighted by Gasteiger charge is -2.40. The Kier molecular flexibility index (Phi) is 3.96. The van der Waals surface area contributed by atoms with Crippen molar-refractivity contribution in [2.24, 2.45) is 5.92 Å². The molecule has 0 amide bonds. The van der Waals surface area contributed by atoms with Gasteiger partial charge in [-0.1, -0.05) is 19.8 Å². The summed E-state index contributed by atoms with van der Waals surface area (Å²) in [6, 6.07) is 7.31. The van der Waals surface area contributed by atoms with Gasteiger partial charge in [0, 0.05) is 0 Å². The highest BCUT2D eigenvalue weighted by atomic mass is 16.3. The van der Waals surface area contributed by atoms with E-state index in [1.165, 1.54) is 6.42 Å². The number of hydrogen-bond donors (Lipinski definition) is 3. The van der Waals surface area contributed by atoms with Crippen LogP contribution in [0.2, 0.25) is 0 Å². The first kappa shape index (κ1) is 13.7. The van der Waals surface area contributed by atoms with Crippen LogP contribution in [0.25, 0.3) is 0 Å². The Morgan fingerprint density at radius 1 is 1.58 bits per heavy atom. The fraction of sp³-hybridized carbons (Fsp3) is 0.533. The third-order valence-corrected chi connectivity index (χ3v) is 3.97. The van der Waals surface area contributed by atoms with E-state index >= 15 is 0 Å². The van der Waals surface area contributed by atoms with Crippen LogP contribution in [0, 0.1) is 17.2 Å². The molecule has 1 aliphatic carbocycles. The maximum Gasteiger partial charge on any atom is 0.0992 e. The quantitative estimate of drug-likeness (QED) is 0.728. The number of hydrogen-bond acceptors (Lipinski definition) is 4. The van der Waals surface area contributed by atoms with Gasteiger partial charge in [-0.2, -0.15) is 5.26 Å². The van der Waals surface area contributed by atoms with E-state index in [1.54, 1.807) is 12.1 Å². The number of benzene rings is 1. The molecule has 4 heteroatoms. The fourth-order valence-electron chi connectivity index (χ4n) is 2.99. The lowest BCUT2D eigenvalue weighted by atomic mass is 9.76. The molecular formula is C15H21N3O. The zero-order chi connectivity index (χ0) is 13.9. The number of nitriles is 1. The molecule has 0 radical (unpaired) electrons. The number of nitrogen functional groups attached to an aromatic ring is 1. The van der Waals surface area contributed by atoms with Gasteiger partial charge < -0.3 is 16.2 Å². The van der Waals surface area contributed by atoms with Crippen molar-refractivity contribution >= 4 is 11.4 Å². The van der Waals surface area contributed by atoms with Crippen molar-refractivity contribution in [2.75, 3.05) is 17.7 Å². The topological polar surface area (TPSA) is 82.1 Å². The zero-order valence-corrected chi connectivity index (χ0v) is 11.3. The summed E-state index contributed by atoms with van der Waals surface area (Å²) in [5.74, 6) is 0.605. The molecule has 1 saturated carbocycles. The molecule has 19 heavy (non-hydrogen) atoms. The molecule has 1 fully saturated rings. The van der Waals surface area contributed by atoms with Crippen molar-refractivity contribution in [3.05, 3.63) is 23.8 Å². The lowest BCUT2D eigenvalue weighted by Crippen LogP contribution is -2.46. The molecule has 0 saturated heterocycles. The maximum atomic E-state index is 9.76. The molecule has 1 aromatic rings. The standard InChI is InChI=1S/C15H21N3O/c1-11-3-2-6-15(8-11,10-19)18-14-5-4-12(9-16)7-13(14)17/h4-5,7,11,18-19H,2-3,6,8,10,17H2,1H3. The summed E-state index contributed by atoms with van der Waals surface area (Å²) in [6.07, 6.45) is 4.23. The van der Waals surface area contributed by atoms with Gasteiger partial charge in [-0.15, -0.1) is 0 Å². The first-order valence-corrected chi connectivity index (χ1v) is 6.77. The van der Waals surface area contributed by atoms with Gasteiger partial charge in [0.1, 0.15) is 0 Å². The molecule has 1 aromatic carbocycles. The molecule has 0 spiro atoms. The van der Waals surface area contributed by atoms with Gasteiger partial charge in [-0.05, 0) is 37.0 Å². The van der Waals surface area contributed by atoms with E-state index in [2.05, 4.69) is 18.3 Å². The second-order valence-electron chi connectivity index (χ2n) is 5.68. The molecule has 4 nitrogen and oxygen atoms in total. The van der Waals surface area contributed by atoms with Crippen molar-refractivity contribution in [2.45, 2.75) is 38.1 Å². The van der Waals surface area contributed by atoms with Crippen molar-refractivity contribution in [3.63, 3.8) is 0 Å². The van der Waals surface area contributed by atoms with Crippen LogP contribution < -0.4 is 11.1 Å². The predicted molar refractivity (Wildman–Crippen MR) is 76.6 cm³/mol. The van der Waals surface area contributed by atoms with Gasteiger partial charge in [0.2, 0.25) is 0 Å². The van der Waals surface area contributed by atoms with E-state index in [1.807, 2.05) is 6.07 Å². The second-order valence-corrected chi connectivity index (χ2v) is 5.68. The van der Waals surface area contributed by atoms with Gasteiger partial charge in [0.15, 0.2) is 0 Å². The number of nitrogens with one attached hydrogen (secondary N) is 1. The molecule has 0 aliphatic heterocycles. The summed E-state index contributed by atoms with van der Waals surface area (Å²) in [6.45, 7) is 2.32. The zero-order valence-electron chi connectivity index (χ0n) is 11.3. The smallest absolute Gasteiger partial charge is 0.0992 e. The van der Waals surface area contributed by atoms with Crippen LogP contribution in [-0.2, 0) is 0 Å². The van der Waals surface area contributed by atoms with Crippen LogP contribution in [0.1, 0.15) is 38.2 Å². The lowest BCUT2D eigenvalue weighted by molar-refractivity contribution is 0.149. The number of aliphatic hydroxyl groups excluding tert-OH is 1. The van der Waals surface area contributed by atoms with Crippen molar-refractivity contribution in [3.8, 4) is 6.07 Å². The summed E-state index contributed by atoms with van der Waals surface area (Å²) >= 11 is 0. The molecule has 4 N–H and O–H groups in total. The first-order chi connectivity index (χ1) is 9.08. The summed E-state index contributed by atoms with van der Waals surface area (Å²) in [7, 11) is 0. The summed E-state index contributed by atoms with van der Waals surface area (Å²) in [4.78, 5) is 0. The Hall–Kier alpha value is -1.73. The number of rotatable bonds is 3. The Morgan fingerprint density at radius 3 is 2.95 bits per heavy atom. The maximum absolute atomic E-state index is 9.76. The third-order valence-electron chi connectivity index (χ3n) is 3.97. The van der Waals surface area contributed by atoms with E-state index in [0.717, 1.165) is 24.9 Å². The number of anilines is 2. The first-order valence-electron chi connectivity index (χ1n) is 6.77. The second kappa shape index (κ2) is 5.50. The number of nitrogens with zero attached hydrogens (tertiary/aromatic N) is 1. The van der Waals surface area contributed by atoms with E-state index in [4.69, 9.17) is 11.0 Å². The molecule has 0 bridgehead atoms. The van der Waals surface area contributed by atoms with Gasteiger partial charge in [0.25, 0.3) is 0 Å². The Bertz CT molecular complexity index is 495. The van der Waals surface area contributed by atoms with E-state index in [0.29, 0.717) is 17.2 Å². The molecule has 2 atom stereocenters. The molecule has 0 heterocycles. The van der Waals surface area contributed by atoms with Crippen LogP contribution in [0.4, 0.5) is 11.4 Å². The minimum absolute atomic E-state index is 0.108. The van der Waals surface area contributed by atoms with Crippen molar-refractivity contribution < 1.29 is 5.11 Å². The molecule has 2 rings (SSSR count). The highest BCUT2D eigenvalue weighted by molar-refractivity contribution is 5.69. The average molecular weight is 259 g/mol. The summed E-state index contributed by atoms with van der Waals surface area (Å²) < 4.78 is 0. The minimum atomic E-state index is -0.278. The molecule has 1 aliphatic rings. The van der Waals surface area contributed by atoms with Crippen LogP contribution in [0.15, 0.2) is 18.2 Å². The van der Waals surface area contributed by atoms with Gasteiger partial charge in [-0.25, -0.2) is 0 Å². The summed E-state index contributed by atoms with van der Waals surface area (Å²) in [5.41, 5.74) is 7.61. The van der Waals surface area contributed by atoms with Gasteiger partial charge >= 0.3 is 0 Å². The van der Waals surface area contributed by atoms with Crippen LogP contribution in [-0.4, -0.2) is 17.3 Å². The predicted octanol–water partition coefficient (Wildman–Crippen LogP) is 2.49. The van der Waals surface area contributed by atoms with Crippen LogP contribution >= 0.6 is 0 Å². The van der Waals surface area contributed by atoms with Crippen molar-refractivity contribution in [1.82, 2.24) is 0 Å². The number of aliphatic hydroxyl groups is 1. The van der Waals surface area contributed by atoms with Crippen molar-refractivity contribution in [1.29, 1.82) is 5.26 Å². The van der Waals surface area contributed by atoms with E-state index in [-0.39, 0.29) is 12.1 Å². The normalized spacial score (nSPS) is 26.7.